The lowest BCUT2D eigenvalue weighted by Gasteiger charge is -2.37. The maximum Gasteiger partial charge on any atom is 0.260 e. The molecule has 1 saturated carbocycles. The van der Waals surface area contributed by atoms with E-state index in [1.54, 1.807) is 11.3 Å². The molecule has 0 bridgehead atoms. The molecular weight excluding hydrogens is 362 g/mol. The predicted octanol–water partition coefficient (Wildman–Crippen LogP) is 4.93. The van der Waals surface area contributed by atoms with E-state index in [0.717, 1.165) is 22.6 Å². The lowest BCUT2D eigenvalue weighted by Crippen LogP contribution is -2.25. The summed E-state index contributed by atoms with van der Waals surface area (Å²) >= 11 is 3.07. The van der Waals surface area contributed by atoms with Crippen molar-refractivity contribution in [2.45, 2.75) is 44.4 Å². The van der Waals surface area contributed by atoms with E-state index in [0.29, 0.717) is 16.5 Å². The van der Waals surface area contributed by atoms with E-state index in [1.807, 2.05) is 0 Å². The second-order valence-electron chi connectivity index (χ2n) is 7.41. The van der Waals surface area contributed by atoms with Crippen molar-refractivity contribution < 1.29 is 4.79 Å². The third-order valence-corrected chi connectivity index (χ3v) is 8.03. The summed E-state index contributed by atoms with van der Waals surface area (Å²) in [6, 6.07) is 4.22. The number of carbonyl (C=O) groups is 1. The highest BCUT2D eigenvalue weighted by Crippen LogP contribution is 2.51. The van der Waals surface area contributed by atoms with Gasteiger partial charge in [-0.15, -0.1) is 22.7 Å². The number of nitrogens with two attached hydrogens (primary N) is 2. The van der Waals surface area contributed by atoms with Gasteiger partial charge in [0.2, 0.25) is 0 Å². The molecule has 4 N–H and O–H groups in total. The number of hydrogen-bond acceptors (Lipinski definition) is 5. The van der Waals surface area contributed by atoms with Crippen LogP contribution in [-0.4, -0.2) is 10.9 Å². The zero-order valence-corrected chi connectivity index (χ0v) is 16.1. The number of fused-ring (bicyclic) bond motifs is 4. The monoisotopic (exact) mass is 383 g/mol. The highest BCUT2D eigenvalue weighted by Gasteiger charge is 2.36. The fraction of sp³-hybridized carbons (Fsp3) is 0.400. The average molecular weight is 384 g/mol. The van der Waals surface area contributed by atoms with Gasteiger partial charge in [0.05, 0.1) is 5.69 Å². The van der Waals surface area contributed by atoms with Gasteiger partial charge in [-0.05, 0) is 48.6 Å². The first-order chi connectivity index (χ1) is 12.6. The predicted molar refractivity (Wildman–Crippen MR) is 109 cm³/mol. The molecule has 0 spiro atoms. The van der Waals surface area contributed by atoms with Gasteiger partial charge in [0.25, 0.3) is 5.91 Å². The molecule has 2 atom stereocenters. The first-order valence-corrected chi connectivity index (χ1v) is 10.9. The highest BCUT2D eigenvalue weighted by atomic mass is 32.1. The molecule has 3 heterocycles. The Morgan fingerprint density at radius 3 is 2.85 bits per heavy atom. The Bertz CT molecular complexity index is 1010. The minimum atomic E-state index is -0.462. The van der Waals surface area contributed by atoms with E-state index in [9.17, 15) is 4.79 Å². The first kappa shape index (κ1) is 16.3. The topological polar surface area (TPSA) is 82.0 Å². The van der Waals surface area contributed by atoms with Gasteiger partial charge in [-0.25, -0.2) is 4.98 Å². The van der Waals surface area contributed by atoms with Gasteiger partial charge >= 0.3 is 0 Å². The van der Waals surface area contributed by atoms with Crippen LogP contribution in [0.5, 0.6) is 0 Å². The van der Waals surface area contributed by atoms with Crippen LogP contribution in [0.1, 0.15) is 59.0 Å². The lowest BCUT2D eigenvalue weighted by molar-refractivity contribution is 0.100. The van der Waals surface area contributed by atoms with Crippen LogP contribution in [-0.2, 0) is 6.42 Å². The molecule has 0 unspecified atom stereocenters. The number of nitrogens with zero attached hydrogens (tertiary/aromatic N) is 1. The zero-order valence-electron chi connectivity index (χ0n) is 14.5. The number of amides is 1. The summed E-state index contributed by atoms with van der Waals surface area (Å²) in [6.45, 7) is 0. The van der Waals surface area contributed by atoms with E-state index in [2.05, 4.69) is 17.5 Å². The molecule has 0 aromatic carbocycles. The third kappa shape index (κ3) is 2.32. The highest BCUT2D eigenvalue weighted by molar-refractivity contribution is 7.21. The van der Waals surface area contributed by atoms with Crippen molar-refractivity contribution in [1.29, 1.82) is 0 Å². The van der Waals surface area contributed by atoms with E-state index >= 15 is 0 Å². The molecule has 0 aliphatic heterocycles. The number of nitrogen functional groups attached to an aromatic ring is 1. The number of hydrogen-bond donors (Lipinski definition) is 2. The number of anilines is 1. The SMILES string of the molecule is NC(=O)c1sc2nc3c(c(-c4cccs4)c2c1N)CC[C@H]1CCCC[C@H]31. The van der Waals surface area contributed by atoms with Crippen molar-refractivity contribution in [2.24, 2.45) is 11.7 Å². The quantitative estimate of drug-likeness (QED) is 0.658. The largest absolute Gasteiger partial charge is 0.397 e. The van der Waals surface area contributed by atoms with Crippen molar-refractivity contribution in [3.8, 4) is 10.4 Å². The maximum atomic E-state index is 11.9. The molecule has 6 heteroatoms. The fourth-order valence-corrected chi connectivity index (χ4v) is 6.65. The van der Waals surface area contributed by atoms with Crippen molar-refractivity contribution in [3.05, 3.63) is 33.6 Å². The number of aromatic nitrogens is 1. The minimum Gasteiger partial charge on any atom is -0.397 e. The molecule has 3 aromatic heterocycles. The Kier molecular flexibility index (Phi) is 3.79. The van der Waals surface area contributed by atoms with Gasteiger partial charge in [-0.1, -0.05) is 18.9 Å². The third-order valence-electron chi connectivity index (χ3n) is 6.03. The van der Waals surface area contributed by atoms with Crippen LogP contribution in [0.3, 0.4) is 0 Å². The van der Waals surface area contributed by atoms with Crippen LogP contribution in [0.4, 0.5) is 5.69 Å². The summed E-state index contributed by atoms with van der Waals surface area (Å²) < 4.78 is 0. The maximum absolute atomic E-state index is 11.9. The van der Waals surface area contributed by atoms with Gasteiger partial charge in [0.15, 0.2) is 0 Å². The van der Waals surface area contributed by atoms with Crippen LogP contribution >= 0.6 is 22.7 Å². The van der Waals surface area contributed by atoms with Crippen molar-refractivity contribution in [2.75, 3.05) is 5.73 Å². The molecule has 3 aromatic rings. The summed E-state index contributed by atoms with van der Waals surface area (Å²) in [5.74, 6) is 0.845. The molecule has 0 radical (unpaired) electrons. The number of primary amides is 1. The molecule has 2 aliphatic rings. The standard InChI is InChI=1S/C20H21N3OS2/c21-16-15-14(13-6-3-9-25-13)12-8-7-10-4-1-2-5-11(10)17(12)23-20(15)26-18(16)19(22)24/h3,6,9-11H,1-2,4-5,7-8,21H2,(H2,22,24)/t10-,11+/m1/s1. The Labute approximate surface area is 160 Å². The van der Waals surface area contributed by atoms with E-state index < -0.39 is 5.91 Å². The Balaban J connectivity index is 1.84. The minimum absolute atomic E-state index is 0.438. The van der Waals surface area contributed by atoms with Crippen LogP contribution in [0.25, 0.3) is 20.7 Å². The average Bonchev–Trinajstić information content (AvgIpc) is 3.28. The first-order valence-electron chi connectivity index (χ1n) is 9.23. The van der Waals surface area contributed by atoms with Gasteiger partial charge in [-0.2, -0.15) is 0 Å². The summed E-state index contributed by atoms with van der Waals surface area (Å²) in [6.07, 6.45) is 7.45. The van der Waals surface area contributed by atoms with Crippen molar-refractivity contribution in [3.63, 3.8) is 0 Å². The molecule has 134 valence electrons. The van der Waals surface area contributed by atoms with E-state index in [-0.39, 0.29) is 0 Å². The van der Waals surface area contributed by atoms with Crippen LogP contribution in [0, 0.1) is 5.92 Å². The summed E-state index contributed by atoms with van der Waals surface area (Å²) in [7, 11) is 0. The number of pyridine rings is 1. The van der Waals surface area contributed by atoms with Crippen molar-refractivity contribution in [1.82, 2.24) is 4.98 Å². The van der Waals surface area contributed by atoms with Gasteiger partial charge in [0.1, 0.15) is 9.71 Å². The number of thiophene rings is 2. The fourth-order valence-electron chi connectivity index (χ4n) is 4.89. The second kappa shape index (κ2) is 6.06. The van der Waals surface area contributed by atoms with E-state index in [1.165, 1.54) is 65.1 Å². The molecule has 1 fully saturated rings. The number of rotatable bonds is 2. The summed E-state index contributed by atoms with van der Waals surface area (Å²) in [5, 5.41) is 3.02. The summed E-state index contributed by atoms with van der Waals surface area (Å²) in [4.78, 5) is 19.5. The molecule has 4 nitrogen and oxygen atoms in total. The van der Waals surface area contributed by atoms with Crippen LogP contribution < -0.4 is 11.5 Å². The molecule has 5 rings (SSSR count). The normalized spacial score (nSPS) is 22.2. The summed E-state index contributed by atoms with van der Waals surface area (Å²) in [5.41, 5.74) is 16.3. The second-order valence-corrected chi connectivity index (χ2v) is 9.35. The molecule has 26 heavy (non-hydrogen) atoms. The Hall–Kier alpha value is -1.92. The Morgan fingerprint density at radius 1 is 1.23 bits per heavy atom. The van der Waals surface area contributed by atoms with Crippen molar-refractivity contribution >= 4 is 44.5 Å². The lowest BCUT2D eigenvalue weighted by atomic mass is 9.69. The van der Waals surface area contributed by atoms with Crippen LogP contribution in [0.15, 0.2) is 17.5 Å². The smallest absolute Gasteiger partial charge is 0.260 e. The number of carbonyl (C=O) groups excluding carboxylic acids is 1. The molecular formula is C20H21N3OS2. The molecule has 0 saturated heterocycles. The molecule has 1 amide bonds. The Morgan fingerprint density at radius 2 is 2.08 bits per heavy atom. The molecule has 2 aliphatic carbocycles. The van der Waals surface area contributed by atoms with Gasteiger partial charge in [-0.3, -0.25) is 4.79 Å². The zero-order chi connectivity index (χ0) is 17.8. The van der Waals surface area contributed by atoms with E-state index in [4.69, 9.17) is 16.5 Å². The van der Waals surface area contributed by atoms with Crippen LogP contribution in [0.2, 0.25) is 0 Å². The van der Waals surface area contributed by atoms with Gasteiger partial charge < -0.3 is 11.5 Å². The van der Waals surface area contributed by atoms with Gasteiger partial charge in [0, 0.05) is 27.4 Å².